The van der Waals surface area contributed by atoms with Crippen LogP contribution in [0.25, 0.3) is 0 Å². The number of hydrogen-bond donors (Lipinski definition) is 0. The number of hydrogen-bond acceptors (Lipinski definition) is 6. The molecule has 0 aromatic carbocycles. The third kappa shape index (κ3) is 5.59. The van der Waals surface area contributed by atoms with Crippen LogP contribution in [0.2, 0.25) is 0 Å². The number of piperidine rings is 1. The van der Waals surface area contributed by atoms with Crippen molar-refractivity contribution < 1.29 is 19.1 Å². The lowest BCUT2D eigenvalue weighted by molar-refractivity contribution is -0.0164. The van der Waals surface area contributed by atoms with Crippen LogP contribution in [0.1, 0.15) is 44.1 Å². The van der Waals surface area contributed by atoms with Gasteiger partial charge in [0.25, 0.3) is 0 Å². The number of carbonyl (C=O) groups excluding carboxylic acids is 2. The topological polar surface area (TPSA) is 81.6 Å². The minimum atomic E-state index is -0.521. The van der Waals surface area contributed by atoms with Gasteiger partial charge in [0.1, 0.15) is 17.9 Å². The van der Waals surface area contributed by atoms with Crippen LogP contribution in [0.5, 0.6) is 0 Å². The summed E-state index contributed by atoms with van der Waals surface area (Å²) < 4.78 is 11.0. The molecular formula is C16H23N3O4. The number of ether oxygens (including phenoxy) is 2. The van der Waals surface area contributed by atoms with Crippen LogP contribution in [-0.4, -0.2) is 58.1 Å². The van der Waals surface area contributed by atoms with Crippen molar-refractivity contribution >= 4 is 11.9 Å². The molecule has 0 saturated carbocycles. The first kappa shape index (κ1) is 17.3. The van der Waals surface area contributed by atoms with Gasteiger partial charge in [0, 0.05) is 18.9 Å². The summed E-state index contributed by atoms with van der Waals surface area (Å²) in [5.74, 6) is -0.215. The normalized spacial score (nSPS) is 18.6. The largest absolute Gasteiger partial charge is 0.444 e. The number of rotatable bonds is 4. The quantitative estimate of drug-likeness (QED) is 0.790. The van der Waals surface area contributed by atoms with Crippen molar-refractivity contribution in [2.45, 2.75) is 45.3 Å². The summed E-state index contributed by atoms with van der Waals surface area (Å²) in [5.41, 5.74) is -0.236. The van der Waals surface area contributed by atoms with Crippen molar-refractivity contribution in [1.29, 1.82) is 0 Å². The minimum Gasteiger partial charge on any atom is -0.444 e. The van der Waals surface area contributed by atoms with Crippen molar-refractivity contribution in [2.24, 2.45) is 0 Å². The molecule has 0 bridgehead atoms. The highest BCUT2D eigenvalue weighted by atomic mass is 16.6. The van der Waals surface area contributed by atoms with Crippen molar-refractivity contribution in [1.82, 2.24) is 14.9 Å². The molecule has 1 amide bonds. The Bertz CT molecular complexity index is 542. The van der Waals surface area contributed by atoms with Crippen LogP contribution >= 0.6 is 0 Å². The van der Waals surface area contributed by atoms with Gasteiger partial charge in [-0.1, -0.05) is 0 Å². The summed E-state index contributed by atoms with van der Waals surface area (Å²) in [6.07, 6.45) is 5.52. The molecule has 1 aliphatic heterocycles. The van der Waals surface area contributed by atoms with Gasteiger partial charge in [-0.2, -0.15) is 0 Å². The molecule has 2 heterocycles. The van der Waals surface area contributed by atoms with Crippen molar-refractivity contribution in [3.63, 3.8) is 0 Å². The molecular weight excluding hydrogens is 298 g/mol. The van der Waals surface area contributed by atoms with Gasteiger partial charge >= 0.3 is 6.09 Å². The fourth-order valence-corrected chi connectivity index (χ4v) is 2.28. The zero-order valence-corrected chi connectivity index (χ0v) is 13.8. The van der Waals surface area contributed by atoms with Gasteiger partial charge in [0.05, 0.1) is 18.8 Å². The van der Waals surface area contributed by atoms with Gasteiger partial charge in [-0.25, -0.2) is 9.78 Å². The van der Waals surface area contributed by atoms with Gasteiger partial charge in [0.15, 0.2) is 0 Å². The van der Waals surface area contributed by atoms with E-state index in [0.29, 0.717) is 13.1 Å². The van der Waals surface area contributed by atoms with E-state index in [9.17, 15) is 9.59 Å². The van der Waals surface area contributed by atoms with Crippen LogP contribution in [0.3, 0.4) is 0 Å². The average molecular weight is 321 g/mol. The smallest absolute Gasteiger partial charge is 0.410 e. The summed E-state index contributed by atoms with van der Waals surface area (Å²) in [6, 6.07) is 0. The summed E-state index contributed by atoms with van der Waals surface area (Å²) in [7, 11) is 0. The zero-order chi connectivity index (χ0) is 16.9. The maximum atomic E-state index is 12.1. The molecule has 1 aromatic heterocycles. The molecule has 0 aliphatic carbocycles. The molecule has 2 rings (SSSR count). The predicted molar refractivity (Wildman–Crippen MR) is 83.1 cm³/mol. The molecule has 1 atom stereocenters. The summed E-state index contributed by atoms with van der Waals surface area (Å²) in [6.45, 7) is 6.52. The monoisotopic (exact) mass is 321 g/mol. The first-order chi connectivity index (χ1) is 10.8. The number of nitrogens with zero attached hydrogens (tertiary/aromatic N) is 3. The first-order valence-corrected chi connectivity index (χ1v) is 7.74. The van der Waals surface area contributed by atoms with E-state index >= 15 is 0 Å². The molecule has 126 valence electrons. The third-order valence-corrected chi connectivity index (χ3v) is 3.33. The van der Waals surface area contributed by atoms with Gasteiger partial charge in [-0.3, -0.25) is 9.78 Å². The summed E-state index contributed by atoms with van der Waals surface area (Å²) >= 11 is 0. The Kier molecular flexibility index (Phi) is 5.65. The Morgan fingerprint density at radius 3 is 2.78 bits per heavy atom. The lowest BCUT2D eigenvalue weighted by atomic mass is 10.1. The van der Waals surface area contributed by atoms with E-state index in [0.717, 1.165) is 12.8 Å². The van der Waals surface area contributed by atoms with E-state index in [1.165, 1.54) is 18.6 Å². The predicted octanol–water partition coefficient (Wildman–Crippen LogP) is 2.08. The molecule has 1 aromatic rings. The number of carbonyl (C=O) groups is 2. The van der Waals surface area contributed by atoms with Gasteiger partial charge < -0.3 is 14.4 Å². The number of ketones is 1. The molecule has 23 heavy (non-hydrogen) atoms. The standard InChI is InChI=1S/C16H23N3O4/c1-16(2,3)23-15(21)19-8-4-5-12(10-19)22-11-14(20)13-9-17-6-7-18-13/h6-7,9,12H,4-5,8,10-11H2,1-3H3/t12-/m1/s1. The third-order valence-electron chi connectivity index (χ3n) is 3.33. The Balaban J connectivity index is 1.82. The molecule has 1 fully saturated rings. The van der Waals surface area contributed by atoms with Crippen LogP contribution < -0.4 is 0 Å². The van der Waals surface area contributed by atoms with E-state index in [1.54, 1.807) is 4.90 Å². The number of amides is 1. The maximum absolute atomic E-state index is 12.1. The first-order valence-electron chi connectivity index (χ1n) is 7.74. The maximum Gasteiger partial charge on any atom is 0.410 e. The van der Waals surface area contributed by atoms with E-state index < -0.39 is 5.60 Å². The number of likely N-dealkylation sites (tertiary alicyclic amines) is 1. The fourth-order valence-electron chi connectivity index (χ4n) is 2.28. The number of aromatic nitrogens is 2. The second-order valence-corrected chi connectivity index (χ2v) is 6.52. The van der Waals surface area contributed by atoms with E-state index in [-0.39, 0.29) is 30.3 Å². The second-order valence-electron chi connectivity index (χ2n) is 6.52. The van der Waals surface area contributed by atoms with E-state index in [2.05, 4.69) is 9.97 Å². The van der Waals surface area contributed by atoms with Crippen LogP contribution in [-0.2, 0) is 9.47 Å². The lowest BCUT2D eigenvalue weighted by Crippen LogP contribution is -2.45. The highest BCUT2D eigenvalue weighted by molar-refractivity contribution is 5.94. The molecule has 7 nitrogen and oxygen atoms in total. The molecule has 7 heteroatoms. The highest BCUT2D eigenvalue weighted by Gasteiger charge is 2.28. The van der Waals surface area contributed by atoms with Crippen molar-refractivity contribution in [2.75, 3.05) is 19.7 Å². The molecule has 1 saturated heterocycles. The Labute approximate surface area is 136 Å². The van der Waals surface area contributed by atoms with Crippen LogP contribution in [0.4, 0.5) is 4.79 Å². The molecule has 0 unspecified atom stereocenters. The summed E-state index contributed by atoms with van der Waals surface area (Å²) in [5, 5.41) is 0. The molecule has 0 spiro atoms. The molecule has 1 aliphatic rings. The Morgan fingerprint density at radius 1 is 1.35 bits per heavy atom. The van der Waals surface area contributed by atoms with Gasteiger partial charge in [0.2, 0.25) is 5.78 Å². The van der Waals surface area contributed by atoms with Gasteiger partial charge in [-0.15, -0.1) is 0 Å². The second kappa shape index (κ2) is 7.50. The van der Waals surface area contributed by atoms with E-state index in [1.807, 2.05) is 20.8 Å². The number of Topliss-reactive ketones (excluding diaryl/α,β-unsaturated/α-hetero) is 1. The fraction of sp³-hybridized carbons (Fsp3) is 0.625. The average Bonchev–Trinajstić information content (AvgIpc) is 2.52. The lowest BCUT2D eigenvalue weighted by Gasteiger charge is -2.33. The van der Waals surface area contributed by atoms with Crippen LogP contribution in [0.15, 0.2) is 18.6 Å². The minimum absolute atomic E-state index is 0.0640. The molecule has 0 N–H and O–H groups in total. The van der Waals surface area contributed by atoms with Gasteiger partial charge in [-0.05, 0) is 33.6 Å². The van der Waals surface area contributed by atoms with Crippen molar-refractivity contribution in [3.8, 4) is 0 Å². The van der Waals surface area contributed by atoms with E-state index in [4.69, 9.17) is 9.47 Å². The Hall–Kier alpha value is -2.02. The Morgan fingerprint density at radius 2 is 2.13 bits per heavy atom. The van der Waals surface area contributed by atoms with Crippen LogP contribution in [0, 0.1) is 0 Å². The summed E-state index contributed by atoms with van der Waals surface area (Å²) in [4.78, 5) is 33.5. The zero-order valence-electron chi connectivity index (χ0n) is 13.8. The van der Waals surface area contributed by atoms with Crippen molar-refractivity contribution in [3.05, 3.63) is 24.3 Å². The molecule has 0 radical (unpaired) electrons. The SMILES string of the molecule is CC(C)(C)OC(=O)N1CCC[C@@H](OCC(=O)c2cnccn2)C1. The highest BCUT2D eigenvalue weighted by Crippen LogP contribution is 2.17.